The van der Waals surface area contributed by atoms with Crippen LogP contribution in [0.4, 0.5) is 0 Å². The number of benzene rings is 1. The number of primary sulfonamides is 1. The summed E-state index contributed by atoms with van der Waals surface area (Å²) in [7, 11) is -3.24. The monoisotopic (exact) mass is 429 g/mol. The van der Waals surface area contributed by atoms with E-state index in [1.54, 1.807) is 24.3 Å². The Morgan fingerprint density at radius 3 is 1.45 bits per heavy atom. The van der Waals surface area contributed by atoms with E-state index in [0.29, 0.717) is 0 Å². The normalized spacial score (nSPS) is 11.1. The quantitative estimate of drug-likeness (QED) is 0.296. The van der Waals surface area contributed by atoms with Gasteiger partial charge in [-0.1, -0.05) is 103 Å². The van der Waals surface area contributed by atoms with Crippen molar-refractivity contribution in [3.8, 4) is 5.75 Å². The largest absolute Gasteiger partial charge is 0.508 e. The Morgan fingerprint density at radius 2 is 1.10 bits per heavy atom. The average molecular weight is 430 g/mol. The zero-order chi connectivity index (χ0) is 21.8. The fourth-order valence-electron chi connectivity index (χ4n) is 3.10. The molecule has 0 aliphatic heterocycles. The zero-order valence-corrected chi connectivity index (χ0v) is 19.1. The third-order valence-corrected chi connectivity index (χ3v) is 5.76. The van der Waals surface area contributed by atoms with Gasteiger partial charge in [0.2, 0.25) is 10.0 Å². The van der Waals surface area contributed by atoms with Crippen molar-refractivity contribution in [1.82, 2.24) is 0 Å². The van der Waals surface area contributed by atoms with E-state index in [-0.39, 0.29) is 18.1 Å². The van der Waals surface area contributed by atoms with Crippen LogP contribution in [0.3, 0.4) is 0 Å². The first-order valence-corrected chi connectivity index (χ1v) is 13.0. The first-order chi connectivity index (χ1) is 13.9. The van der Waals surface area contributed by atoms with Crippen molar-refractivity contribution in [3.05, 3.63) is 29.8 Å². The van der Waals surface area contributed by atoms with Gasteiger partial charge in [-0.3, -0.25) is 0 Å². The molecule has 0 aromatic heterocycles. The van der Waals surface area contributed by atoms with Gasteiger partial charge in [-0.05, 0) is 24.1 Å². The van der Waals surface area contributed by atoms with E-state index in [2.05, 4.69) is 6.92 Å². The van der Waals surface area contributed by atoms with Crippen LogP contribution < -0.4 is 5.14 Å². The molecule has 29 heavy (non-hydrogen) atoms. The third-order valence-electron chi connectivity index (χ3n) is 4.90. The summed E-state index contributed by atoms with van der Waals surface area (Å²) in [6.45, 7) is 2.29. The second-order valence-corrected chi connectivity index (χ2v) is 9.52. The first-order valence-electron chi connectivity index (χ1n) is 11.3. The van der Waals surface area contributed by atoms with Crippen LogP contribution in [0.2, 0.25) is 0 Å². The van der Waals surface area contributed by atoms with E-state index in [9.17, 15) is 8.42 Å². The number of nitrogens with two attached hydrogens (primary N) is 1. The number of aliphatic hydroxyl groups is 1. The summed E-state index contributed by atoms with van der Waals surface area (Å²) in [6, 6.07) is 6.45. The Labute approximate surface area is 178 Å². The lowest BCUT2D eigenvalue weighted by molar-refractivity contribution is 0.281. The fraction of sp³-hybridized carbons (Fsp3) is 0.739. The highest BCUT2D eigenvalue weighted by Crippen LogP contribution is 2.13. The summed E-state index contributed by atoms with van der Waals surface area (Å²) < 4.78 is 21.5. The summed E-state index contributed by atoms with van der Waals surface area (Å²) in [5, 5.41) is 22.3. The van der Waals surface area contributed by atoms with Gasteiger partial charge < -0.3 is 10.2 Å². The summed E-state index contributed by atoms with van der Waals surface area (Å²) in [5.41, 5.74) is 0.813. The molecule has 0 spiro atoms. The van der Waals surface area contributed by atoms with Crippen molar-refractivity contribution in [3.63, 3.8) is 0 Å². The second-order valence-electron chi connectivity index (χ2n) is 7.79. The van der Waals surface area contributed by atoms with Gasteiger partial charge in [-0.2, -0.15) is 0 Å². The van der Waals surface area contributed by atoms with E-state index in [1.165, 1.54) is 70.6 Å². The van der Waals surface area contributed by atoms with Gasteiger partial charge in [0.25, 0.3) is 0 Å². The second kappa shape index (κ2) is 18.9. The molecule has 0 unspecified atom stereocenters. The maximum absolute atomic E-state index is 10.7. The van der Waals surface area contributed by atoms with Crippen molar-refractivity contribution >= 4 is 10.0 Å². The lowest BCUT2D eigenvalue weighted by Gasteiger charge is -2.03. The van der Waals surface area contributed by atoms with Crippen LogP contribution in [0.15, 0.2) is 24.3 Å². The third kappa shape index (κ3) is 21.4. The maximum Gasteiger partial charge on any atom is 0.209 e. The number of aromatic hydroxyl groups is 1. The minimum Gasteiger partial charge on any atom is -0.508 e. The van der Waals surface area contributed by atoms with E-state index in [1.807, 2.05) is 0 Å². The van der Waals surface area contributed by atoms with E-state index >= 15 is 0 Å². The number of unbranched alkanes of at least 4 members (excludes halogenated alkanes) is 13. The van der Waals surface area contributed by atoms with Crippen molar-refractivity contribution in [2.24, 2.45) is 5.14 Å². The molecular weight excluding hydrogens is 386 g/mol. The Kier molecular flexibility index (Phi) is 18.2. The van der Waals surface area contributed by atoms with E-state index < -0.39 is 10.0 Å². The number of hydrogen-bond acceptors (Lipinski definition) is 4. The first kappa shape index (κ1) is 27.9. The van der Waals surface area contributed by atoms with Crippen molar-refractivity contribution in [2.75, 3.05) is 5.75 Å². The van der Waals surface area contributed by atoms with Gasteiger partial charge in [0.05, 0.1) is 12.4 Å². The molecule has 1 aromatic rings. The molecular formula is C23H43NO4S. The highest BCUT2D eigenvalue weighted by molar-refractivity contribution is 7.89. The summed E-state index contributed by atoms with van der Waals surface area (Å²) in [5.74, 6) is 0.373. The molecule has 0 bridgehead atoms. The Hall–Kier alpha value is -1.11. The van der Waals surface area contributed by atoms with Crippen LogP contribution in [0.1, 0.15) is 102 Å². The molecule has 0 heterocycles. The van der Waals surface area contributed by atoms with Crippen molar-refractivity contribution in [2.45, 2.75) is 103 Å². The summed E-state index contributed by atoms with van der Waals surface area (Å²) >= 11 is 0. The highest BCUT2D eigenvalue weighted by Gasteiger charge is 2.01. The Bertz CT molecular complexity index is 573. The van der Waals surface area contributed by atoms with Crippen LogP contribution in [0.25, 0.3) is 0 Å². The van der Waals surface area contributed by atoms with Gasteiger partial charge in [0.1, 0.15) is 5.75 Å². The zero-order valence-electron chi connectivity index (χ0n) is 18.3. The van der Waals surface area contributed by atoms with Crippen molar-refractivity contribution in [1.29, 1.82) is 0 Å². The van der Waals surface area contributed by atoms with Gasteiger partial charge in [-0.15, -0.1) is 0 Å². The minimum absolute atomic E-state index is 0.0281. The molecule has 6 heteroatoms. The van der Waals surface area contributed by atoms with Crippen LogP contribution in [-0.2, 0) is 16.6 Å². The number of rotatable bonds is 16. The Morgan fingerprint density at radius 1 is 0.724 bits per heavy atom. The molecule has 0 atom stereocenters. The lowest BCUT2D eigenvalue weighted by Crippen LogP contribution is -2.16. The van der Waals surface area contributed by atoms with E-state index in [0.717, 1.165) is 24.8 Å². The number of phenolic OH excluding ortho intramolecular Hbond substituents is 1. The number of sulfonamides is 1. The van der Waals surface area contributed by atoms with Crippen LogP contribution in [0, 0.1) is 0 Å². The number of aliphatic hydroxyl groups excluding tert-OH is 1. The molecule has 170 valence electrons. The molecule has 1 aromatic carbocycles. The molecule has 0 aliphatic rings. The number of phenols is 1. The van der Waals surface area contributed by atoms with E-state index in [4.69, 9.17) is 15.4 Å². The molecule has 5 nitrogen and oxygen atoms in total. The fourth-order valence-corrected chi connectivity index (χ4v) is 3.71. The molecule has 4 N–H and O–H groups in total. The molecule has 0 aliphatic carbocycles. The average Bonchev–Trinajstić information content (AvgIpc) is 2.68. The molecule has 0 radical (unpaired) electrons. The SMILES string of the molecule is CCCCCCCCCCCCCCCCS(N)(=O)=O.OCc1ccc(O)cc1. The molecule has 0 saturated heterocycles. The predicted octanol–water partition coefficient (Wildman–Crippen LogP) is 5.64. The molecule has 0 saturated carbocycles. The minimum atomic E-state index is -3.24. The van der Waals surface area contributed by atoms with Gasteiger partial charge >= 0.3 is 0 Å². The maximum atomic E-state index is 10.7. The standard InChI is InChI=1S/C16H35NO2S.C7H8O2/c1-2-3-4-5-6-7-8-9-10-11-12-13-14-15-16-20(17,18)19;8-5-6-1-3-7(9)4-2-6/h2-16H2,1H3,(H2,17,18,19);1-4,8-9H,5H2. The number of hydrogen-bond donors (Lipinski definition) is 3. The lowest BCUT2D eigenvalue weighted by atomic mass is 10.0. The Balaban J connectivity index is 0.000000717. The summed E-state index contributed by atoms with van der Waals surface area (Å²) in [4.78, 5) is 0. The van der Waals surface area contributed by atoms with Gasteiger partial charge in [-0.25, -0.2) is 13.6 Å². The van der Waals surface area contributed by atoms with Gasteiger partial charge in [0, 0.05) is 0 Å². The van der Waals surface area contributed by atoms with Gasteiger partial charge in [0.15, 0.2) is 0 Å². The highest BCUT2D eigenvalue weighted by atomic mass is 32.2. The smallest absolute Gasteiger partial charge is 0.209 e. The van der Waals surface area contributed by atoms with Crippen LogP contribution >= 0.6 is 0 Å². The molecule has 0 fully saturated rings. The molecule has 1 rings (SSSR count). The van der Waals surface area contributed by atoms with Crippen LogP contribution in [0.5, 0.6) is 5.75 Å². The predicted molar refractivity (Wildman–Crippen MR) is 122 cm³/mol. The molecule has 0 amide bonds. The van der Waals surface area contributed by atoms with Crippen LogP contribution in [-0.4, -0.2) is 24.4 Å². The summed E-state index contributed by atoms with van der Waals surface area (Å²) in [6.07, 6.45) is 17.8. The van der Waals surface area contributed by atoms with Crippen molar-refractivity contribution < 1.29 is 18.6 Å². The topological polar surface area (TPSA) is 101 Å².